The second kappa shape index (κ2) is 13.5. The van der Waals surface area contributed by atoms with Crippen LogP contribution in [0.4, 0.5) is 0 Å². The van der Waals surface area contributed by atoms with Crippen LogP contribution in [0.15, 0.2) is 24.3 Å². The molecule has 0 aromatic rings. The van der Waals surface area contributed by atoms with Gasteiger partial charge in [0.05, 0.1) is 24.6 Å². The van der Waals surface area contributed by atoms with Gasteiger partial charge in [-0.3, -0.25) is 0 Å². The summed E-state index contributed by atoms with van der Waals surface area (Å²) in [6.45, 7) is 3.68. The van der Waals surface area contributed by atoms with E-state index in [0.29, 0.717) is 6.42 Å². The molecular formula is C11H13N3. The molecule has 0 aromatic heterocycles. The summed E-state index contributed by atoms with van der Waals surface area (Å²) >= 11 is 0. The molecule has 0 aliphatic rings. The molecule has 3 heteroatoms. The fraction of sp³-hybridized carbons (Fsp3) is 0.364. The summed E-state index contributed by atoms with van der Waals surface area (Å²) in [5.41, 5.74) is 0. The predicted molar refractivity (Wildman–Crippen MR) is 54.6 cm³/mol. The summed E-state index contributed by atoms with van der Waals surface area (Å²) in [5, 5.41) is 24.2. The highest BCUT2D eigenvalue weighted by Gasteiger charge is 1.94. The van der Waals surface area contributed by atoms with Crippen LogP contribution in [0.1, 0.15) is 20.3 Å². The second-order valence-electron chi connectivity index (χ2n) is 2.19. The molecule has 0 fully saturated rings. The average Bonchev–Trinajstić information content (AvgIpc) is 2.24. The zero-order valence-electron chi connectivity index (χ0n) is 8.44. The van der Waals surface area contributed by atoms with Gasteiger partial charge in [0.25, 0.3) is 0 Å². The molecule has 14 heavy (non-hydrogen) atoms. The van der Waals surface area contributed by atoms with Crippen LogP contribution >= 0.6 is 0 Å². The number of nitrogens with zero attached hydrogens (tertiary/aromatic N) is 3. The fourth-order valence-corrected chi connectivity index (χ4v) is 0.478. The SMILES string of the molecule is C/C=C/C(C#N)C#N.C/C=C/CC#N. The summed E-state index contributed by atoms with van der Waals surface area (Å²) in [5.74, 6) is -0.569. The average molecular weight is 187 g/mol. The molecule has 0 N–H and O–H groups in total. The molecule has 0 aliphatic carbocycles. The molecule has 0 amide bonds. The maximum absolute atomic E-state index is 8.13. The Labute approximate surface area is 85.2 Å². The maximum atomic E-state index is 8.13. The monoisotopic (exact) mass is 187 g/mol. The summed E-state index contributed by atoms with van der Waals surface area (Å²) in [7, 11) is 0. The number of rotatable bonds is 2. The largest absolute Gasteiger partial charge is 0.198 e. The lowest BCUT2D eigenvalue weighted by atomic mass is 10.2. The molecule has 0 saturated carbocycles. The van der Waals surface area contributed by atoms with E-state index >= 15 is 0 Å². The lowest BCUT2D eigenvalue weighted by Gasteiger charge is -1.80. The van der Waals surface area contributed by atoms with Crippen molar-refractivity contribution in [3.8, 4) is 18.2 Å². The van der Waals surface area contributed by atoms with Crippen LogP contribution in [0, 0.1) is 39.9 Å². The van der Waals surface area contributed by atoms with Gasteiger partial charge in [-0.25, -0.2) is 0 Å². The van der Waals surface area contributed by atoms with Crippen molar-refractivity contribution in [2.24, 2.45) is 5.92 Å². The number of allylic oxidation sites excluding steroid dienone is 4. The van der Waals surface area contributed by atoms with Gasteiger partial charge in [-0.1, -0.05) is 24.3 Å². The van der Waals surface area contributed by atoms with Crippen LogP contribution in [-0.4, -0.2) is 0 Å². The highest BCUT2D eigenvalue weighted by molar-refractivity contribution is 5.10. The van der Waals surface area contributed by atoms with Crippen molar-refractivity contribution in [1.29, 1.82) is 15.8 Å². The Morgan fingerprint density at radius 1 is 1.07 bits per heavy atom. The molecule has 3 nitrogen and oxygen atoms in total. The molecule has 0 heterocycles. The zero-order chi connectivity index (χ0) is 11.2. The Kier molecular flexibility index (Phi) is 14.0. The first-order valence-corrected chi connectivity index (χ1v) is 4.16. The van der Waals surface area contributed by atoms with Crippen molar-refractivity contribution in [3.63, 3.8) is 0 Å². The van der Waals surface area contributed by atoms with E-state index in [2.05, 4.69) is 0 Å². The minimum absolute atomic E-state index is 0.538. The smallest absolute Gasteiger partial charge is 0.151 e. The van der Waals surface area contributed by atoms with Gasteiger partial charge in [0.15, 0.2) is 5.92 Å². The molecule has 0 radical (unpaired) electrons. The standard InChI is InChI=1S/C6H6N2.C5H7N/c1-2-3-6(4-7)5-8;1-2-3-4-5-6/h2-3,6H,1H3;2-3H,4H2,1H3/b2*3-2+. The summed E-state index contributed by atoms with van der Waals surface area (Å²) in [6, 6.07) is 5.59. The first-order chi connectivity index (χ1) is 6.76. The third kappa shape index (κ3) is 12.6. The van der Waals surface area contributed by atoms with Crippen LogP contribution in [-0.2, 0) is 0 Å². The van der Waals surface area contributed by atoms with Gasteiger partial charge in [0, 0.05) is 0 Å². The van der Waals surface area contributed by atoms with E-state index in [1.165, 1.54) is 0 Å². The minimum atomic E-state index is -0.569. The highest BCUT2D eigenvalue weighted by Crippen LogP contribution is 1.91. The summed E-state index contributed by atoms with van der Waals surface area (Å²) in [6.07, 6.45) is 7.47. The van der Waals surface area contributed by atoms with Crippen LogP contribution in [0.2, 0.25) is 0 Å². The Morgan fingerprint density at radius 3 is 1.79 bits per heavy atom. The molecule has 0 aliphatic heterocycles. The Hall–Kier alpha value is -2.05. The Morgan fingerprint density at radius 2 is 1.64 bits per heavy atom. The van der Waals surface area contributed by atoms with Crippen LogP contribution in [0.3, 0.4) is 0 Å². The lowest BCUT2D eigenvalue weighted by molar-refractivity contribution is 1.09. The van der Waals surface area contributed by atoms with Gasteiger partial charge in [0.2, 0.25) is 0 Å². The van der Waals surface area contributed by atoms with E-state index < -0.39 is 5.92 Å². The quantitative estimate of drug-likeness (QED) is 0.624. The lowest BCUT2D eigenvalue weighted by Crippen LogP contribution is -1.82. The second-order valence-corrected chi connectivity index (χ2v) is 2.19. The van der Waals surface area contributed by atoms with Gasteiger partial charge in [-0.05, 0) is 13.8 Å². The van der Waals surface area contributed by atoms with E-state index in [0.717, 1.165) is 0 Å². The molecule has 0 bridgehead atoms. The van der Waals surface area contributed by atoms with Gasteiger partial charge in [-0.15, -0.1) is 0 Å². The molecule has 0 unspecified atom stereocenters. The van der Waals surface area contributed by atoms with Crippen LogP contribution in [0.25, 0.3) is 0 Å². The first-order valence-electron chi connectivity index (χ1n) is 4.16. The predicted octanol–water partition coefficient (Wildman–Crippen LogP) is 2.70. The Balaban J connectivity index is 0. The number of nitriles is 3. The molecule has 72 valence electrons. The van der Waals surface area contributed by atoms with E-state index in [1.807, 2.05) is 25.1 Å². The van der Waals surface area contributed by atoms with Crippen molar-refractivity contribution in [2.45, 2.75) is 20.3 Å². The Bertz CT molecular complexity index is 280. The number of hydrogen-bond donors (Lipinski definition) is 0. The maximum Gasteiger partial charge on any atom is 0.151 e. The van der Waals surface area contributed by atoms with Gasteiger partial charge >= 0.3 is 0 Å². The molecular weight excluding hydrogens is 174 g/mol. The zero-order valence-corrected chi connectivity index (χ0v) is 8.44. The number of hydrogen-bond acceptors (Lipinski definition) is 3. The van der Waals surface area contributed by atoms with E-state index in [1.54, 1.807) is 31.2 Å². The fourth-order valence-electron chi connectivity index (χ4n) is 0.478. The van der Waals surface area contributed by atoms with E-state index in [9.17, 15) is 0 Å². The minimum Gasteiger partial charge on any atom is -0.198 e. The topological polar surface area (TPSA) is 71.4 Å². The molecule has 0 atom stereocenters. The summed E-state index contributed by atoms with van der Waals surface area (Å²) < 4.78 is 0. The van der Waals surface area contributed by atoms with Gasteiger partial charge in [-0.2, -0.15) is 15.8 Å². The van der Waals surface area contributed by atoms with E-state index in [4.69, 9.17) is 15.8 Å². The third-order valence-corrected chi connectivity index (χ3v) is 1.11. The van der Waals surface area contributed by atoms with Crippen molar-refractivity contribution in [1.82, 2.24) is 0 Å². The van der Waals surface area contributed by atoms with Crippen molar-refractivity contribution in [2.75, 3.05) is 0 Å². The van der Waals surface area contributed by atoms with Crippen molar-refractivity contribution in [3.05, 3.63) is 24.3 Å². The van der Waals surface area contributed by atoms with Crippen LogP contribution in [0.5, 0.6) is 0 Å². The van der Waals surface area contributed by atoms with Crippen molar-refractivity contribution >= 4 is 0 Å². The normalized spacial score (nSPS) is 8.86. The third-order valence-electron chi connectivity index (χ3n) is 1.11. The molecule has 0 spiro atoms. The van der Waals surface area contributed by atoms with Crippen LogP contribution < -0.4 is 0 Å². The first kappa shape index (κ1) is 14.5. The summed E-state index contributed by atoms with van der Waals surface area (Å²) in [4.78, 5) is 0. The van der Waals surface area contributed by atoms with Crippen molar-refractivity contribution < 1.29 is 0 Å². The molecule has 0 aromatic carbocycles. The van der Waals surface area contributed by atoms with Gasteiger partial charge in [0.1, 0.15) is 0 Å². The van der Waals surface area contributed by atoms with E-state index in [-0.39, 0.29) is 0 Å². The van der Waals surface area contributed by atoms with Gasteiger partial charge < -0.3 is 0 Å². The highest BCUT2D eigenvalue weighted by atomic mass is 14.3. The molecule has 0 rings (SSSR count). The molecule has 0 saturated heterocycles.